The number of halogens is 1. The summed E-state index contributed by atoms with van der Waals surface area (Å²) in [6.45, 7) is 5.53. The Bertz CT molecular complexity index is 353. The number of ether oxygens (including phenoxy) is 1. The molecule has 1 aromatic heterocycles. The standard InChI is InChI=1S/C11H16BrN3O/c1-2-3-10-13-9(12)8-11(14-10)15-4-6-16-7-5-15/h8H,2-7H2,1H3. The lowest BCUT2D eigenvalue weighted by molar-refractivity contribution is 0.122. The Morgan fingerprint density at radius 1 is 1.38 bits per heavy atom. The molecule has 4 nitrogen and oxygen atoms in total. The van der Waals surface area contributed by atoms with Gasteiger partial charge in [0.05, 0.1) is 13.2 Å². The highest BCUT2D eigenvalue weighted by molar-refractivity contribution is 9.10. The molecule has 1 aliphatic rings. The van der Waals surface area contributed by atoms with Gasteiger partial charge in [-0.1, -0.05) is 6.92 Å². The van der Waals surface area contributed by atoms with Crippen molar-refractivity contribution in [1.29, 1.82) is 0 Å². The van der Waals surface area contributed by atoms with Crippen LogP contribution in [0.25, 0.3) is 0 Å². The average molecular weight is 286 g/mol. The molecule has 5 heteroatoms. The first-order valence-corrected chi connectivity index (χ1v) is 6.45. The minimum absolute atomic E-state index is 0.782. The summed E-state index contributed by atoms with van der Waals surface area (Å²) in [6, 6.07) is 1.98. The highest BCUT2D eigenvalue weighted by Crippen LogP contribution is 2.18. The second-order valence-corrected chi connectivity index (χ2v) is 4.63. The molecule has 2 rings (SSSR count). The van der Waals surface area contributed by atoms with Crippen LogP contribution in [0.15, 0.2) is 10.7 Å². The van der Waals surface area contributed by atoms with Crippen LogP contribution in [0.3, 0.4) is 0 Å². The van der Waals surface area contributed by atoms with Crippen molar-refractivity contribution in [3.05, 3.63) is 16.5 Å². The molecule has 0 saturated carbocycles. The van der Waals surface area contributed by atoms with Crippen LogP contribution >= 0.6 is 15.9 Å². The summed E-state index contributed by atoms with van der Waals surface area (Å²) in [5.74, 6) is 1.92. The molecule has 2 heterocycles. The number of rotatable bonds is 3. The van der Waals surface area contributed by atoms with Crippen LogP contribution in [0.1, 0.15) is 19.2 Å². The van der Waals surface area contributed by atoms with Crippen LogP contribution in [-0.2, 0) is 11.2 Å². The van der Waals surface area contributed by atoms with Crippen LogP contribution in [0.2, 0.25) is 0 Å². The molecule has 0 radical (unpaired) electrons. The van der Waals surface area contributed by atoms with Gasteiger partial charge in [-0.15, -0.1) is 0 Å². The third-order valence-corrected chi connectivity index (χ3v) is 2.94. The summed E-state index contributed by atoms with van der Waals surface area (Å²) in [7, 11) is 0. The van der Waals surface area contributed by atoms with Crippen LogP contribution in [0.5, 0.6) is 0 Å². The van der Waals surface area contributed by atoms with Crippen molar-refractivity contribution in [2.24, 2.45) is 0 Å². The monoisotopic (exact) mass is 285 g/mol. The Hall–Kier alpha value is -0.680. The first-order chi connectivity index (χ1) is 7.79. The molecular weight excluding hydrogens is 270 g/mol. The predicted molar refractivity (Wildman–Crippen MR) is 66.8 cm³/mol. The van der Waals surface area contributed by atoms with Gasteiger partial charge in [0, 0.05) is 25.6 Å². The van der Waals surface area contributed by atoms with Gasteiger partial charge >= 0.3 is 0 Å². The molecule has 0 unspecified atom stereocenters. The summed E-state index contributed by atoms with van der Waals surface area (Å²) in [5, 5.41) is 0. The van der Waals surface area contributed by atoms with Crippen LogP contribution in [0, 0.1) is 0 Å². The second kappa shape index (κ2) is 5.59. The van der Waals surface area contributed by atoms with E-state index >= 15 is 0 Å². The average Bonchev–Trinajstić information content (AvgIpc) is 2.30. The van der Waals surface area contributed by atoms with Gasteiger partial charge in [0.2, 0.25) is 0 Å². The highest BCUT2D eigenvalue weighted by Gasteiger charge is 2.14. The molecule has 1 fully saturated rings. The van der Waals surface area contributed by atoms with Crippen LogP contribution < -0.4 is 4.90 Å². The van der Waals surface area contributed by atoms with E-state index in [0.717, 1.165) is 55.4 Å². The Kier molecular flexibility index (Phi) is 4.12. The summed E-state index contributed by atoms with van der Waals surface area (Å²) in [4.78, 5) is 11.2. The Labute approximate surface area is 104 Å². The molecule has 1 aromatic rings. The molecule has 0 amide bonds. The van der Waals surface area contributed by atoms with E-state index in [-0.39, 0.29) is 0 Å². The van der Waals surface area contributed by atoms with E-state index in [1.807, 2.05) is 6.07 Å². The Balaban J connectivity index is 2.18. The lowest BCUT2D eigenvalue weighted by atomic mass is 10.3. The number of aryl methyl sites for hydroxylation is 1. The molecule has 16 heavy (non-hydrogen) atoms. The molecule has 88 valence electrons. The second-order valence-electron chi connectivity index (χ2n) is 3.81. The minimum atomic E-state index is 0.782. The Morgan fingerprint density at radius 3 is 2.81 bits per heavy atom. The fraction of sp³-hybridized carbons (Fsp3) is 0.636. The zero-order valence-electron chi connectivity index (χ0n) is 9.45. The molecule has 1 aliphatic heterocycles. The van der Waals surface area contributed by atoms with Gasteiger partial charge in [0.25, 0.3) is 0 Å². The Morgan fingerprint density at radius 2 is 2.12 bits per heavy atom. The van der Waals surface area contributed by atoms with Crippen molar-refractivity contribution in [2.45, 2.75) is 19.8 Å². The summed E-state index contributed by atoms with van der Waals surface area (Å²) in [6.07, 6.45) is 2.00. The number of hydrogen-bond acceptors (Lipinski definition) is 4. The van der Waals surface area contributed by atoms with Gasteiger partial charge in [-0.3, -0.25) is 0 Å². The van der Waals surface area contributed by atoms with Gasteiger partial charge < -0.3 is 9.64 Å². The largest absolute Gasteiger partial charge is 0.378 e. The van der Waals surface area contributed by atoms with Crippen LogP contribution in [0.4, 0.5) is 5.82 Å². The van der Waals surface area contributed by atoms with Crippen molar-refractivity contribution >= 4 is 21.7 Å². The van der Waals surface area contributed by atoms with E-state index in [1.54, 1.807) is 0 Å². The summed E-state index contributed by atoms with van der Waals surface area (Å²) < 4.78 is 6.20. The molecule has 0 spiro atoms. The van der Waals surface area contributed by atoms with Gasteiger partial charge in [-0.2, -0.15) is 0 Å². The van der Waals surface area contributed by atoms with Crippen molar-refractivity contribution < 1.29 is 4.74 Å². The van der Waals surface area contributed by atoms with Crippen molar-refractivity contribution in [1.82, 2.24) is 9.97 Å². The molecule has 0 bridgehead atoms. The summed E-state index contributed by atoms with van der Waals surface area (Å²) >= 11 is 3.44. The number of nitrogens with zero attached hydrogens (tertiary/aromatic N) is 3. The molecule has 0 atom stereocenters. The fourth-order valence-electron chi connectivity index (χ4n) is 1.74. The lowest BCUT2D eigenvalue weighted by Crippen LogP contribution is -2.37. The normalized spacial score (nSPS) is 16.5. The van der Waals surface area contributed by atoms with Gasteiger partial charge in [-0.05, 0) is 22.4 Å². The first-order valence-electron chi connectivity index (χ1n) is 5.65. The minimum Gasteiger partial charge on any atom is -0.378 e. The molecule has 0 N–H and O–H groups in total. The van der Waals surface area contributed by atoms with E-state index in [2.05, 4.69) is 37.7 Å². The zero-order chi connectivity index (χ0) is 11.4. The maximum atomic E-state index is 5.33. The topological polar surface area (TPSA) is 38.2 Å². The zero-order valence-corrected chi connectivity index (χ0v) is 11.0. The molecular formula is C11H16BrN3O. The summed E-state index contributed by atoms with van der Waals surface area (Å²) in [5.41, 5.74) is 0. The van der Waals surface area contributed by atoms with Gasteiger partial charge in [0.15, 0.2) is 0 Å². The maximum absolute atomic E-state index is 5.33. The van der Waals surface area contributed by atoms with Gasteiger partial charge in [0.1, 0.15) is 16.2 Å². The smallest absolute Gasteiger partial charge is 0.133 e. The van der Waals surface area contributed by atoms with E-state index in [1.165, 1.54) is 0 Å². The predicted octanol–water partition coefficient (Wildman–Crippen LogP) is 2.03. The molecule has 0 aliphatic carbocycles. The van der Waals surface area contributed by atoms with E-state index in [4.69, 9.17) is 4.74 Å². The number of anilines is 1. The van der Waals surface area contributed by atoms with Crippen molar-refractivity contribution in [3.63, 3.8) is 0 Å². The van der Waals surface area contributed by atoms with E-state index < -0.39 is 0 Å². The first kappa shape index (κ1) is 11.8. The quantitative estimate of drug-likeness (QED) is 0.797. The molecule has 0 aromatic carbocycles. The third-order valence-electron chi connectivity index (χ3n) is 2.54. The number of morpholine rings is 1. The maximum Gasteiger partial charge on any atom is 0.133 e. The van der Waals surface area contributed by atoms with Crippen molar-refractivity contribution in [3.8, 4) is 0 Å². The van der Waals surface area contributed by atoms with Crippen LogP contribution in [-0.4, -0.2) is 36.3 Å². The molecule has 1 saturated heterocycles. The fourth-order valence-corrected chi connectivity index (χ4v) is 2.15. The van der Waals surface area contributed by atoms with Gasteiger partial charge in [-0.25, -0.2) is 9.97 Å². The third kappa shape index (κ3) is 2.92. The highest BCUT2D eigenvalue weighted by atomic mass is 79.9. The van der Waals surface area contributed by atoms with Crippen molar-refractivity contribution in [2.75, 3.05) is 31.2 Å². The SMILES string of the molecule is CCCc1nc(Br)cc(N2CCOCC2)n1. The lowest BCUT2D eigenvalue weighted by Gasteiger charge is -2.28. The van der Waals surface area contributed by atoms with E-state index in [0.29, 0.717) is 0 Å². The number of aromatic nitrogens is 2. The number of hydrogen-bond donors (Lipinski definition) is 0. The van der Waals surface area contributed by atoms with E-state index in [9.17, 15) is 0 Å².